The lowest BCUT2D eigenvalue weighted by molar-refractivity contribution is 0.102. The molecule has 8 heteroatoms. The smallest absolute Gasteiger partial charge is 0.259 e. The van der Waals surface area contributed by atoms with Crippen molar-refractivity contribution in [1.29, 1.82) is 0 Å². The third-order valence-electron chi connectivity index (χ3n) is 5.65. The van der Waals surface area contributed by atoms with Crippen molar-refractivity contribution in [3.63, 3.8) is 0 Å². The largest absolute Gasteiger partial charge is 0.493 e. The first-order chi connectivity index (χ1) is 15.5. The third kappa shape index (κ3) is 5.56. The molecule has 3 N–H and O–H groups in total. The monoisotopic (exact) mass is 451 g/mol. The van der Waals surface area contributed by atoms with Crippen LogP contribution in [0.15, 0.2) is 41.8 Å². The molecule has 1 aliphatic rings. The van der Waals surface area contributed by atoms with Gasteiger partial charge in [-0.1, -0.05) is 6.92 Å². The van der Waals surface area contributed by atoms with Crippen molar-refractivity contribution in [2.75, 3.05) is 35.6 Å². The number of rotatable bonds is 7. The number of carbonyl (C=O) groups is 1. The van der Waals surface area contributed by atoms with Crippen molar-refractivity contribution >= 4 is 33.9 Å². The van der Waals surface area contributed by atoms with Crippen molar-refractivity contribution in [3.05, 3.63) is 58.7 Å². The Morgan fingerprint density at radius 1 is 1.19 bits per heavy atom. The Bertz CT molecular complexity index is 1060. The number of nitrogens with zero attached hydrogens (tertiary/aromatic N) is 3. The first kappa shape index (κ1) is 22.1. The van der Waals surface area contributed by atoms with E-state index >= 15 is 0 Å². The molecule has 2 aromatic heterocycles. The summed E-state index contributed by atoms with van der Waals surface area (Å²) in [7, 11) is 0. The van der Waals surface area contributed by atoms with Gasteiger partial charge in [0.2, 0.25) is 0 Å². The summed E-state index contributed by atoms with van der Waals surface area (Å²) in [5.41, 5.74) is 8.82. The molecule has 1 fully saturated rings. The van der Waals surface area contributed by atoms with Crippen LogP contribution in [0.4, 0.5) is 16.6 Å². The Morgan fingerprint density at radius 3 is 2.62 bits per heavy atom. The number of nitrogens with one attached hydrogen (secondary N) is 1. The molecule has 32 heavy (non-hydrogen) atoms. The highest BCUT2D eigenvalue weighted by atomic mass is 32.1. The molecule has 0 spiro atoms. The van der Waals surface area contributed by atoms with Gasteiger partial charge in [0.15, 0.2) is 5.13 Å². The van der Waals surface area contributed by atoms with Gasteiger partial charge in [0.1, 0.15) is 11.6 Å². The quantitative estimate of drug-likeness (QED) is 0.548. The Morgan fingerprint density at radius 2 is 1.94 bits per heavy atom. The van der Waals surface area contributed by atoms with Crippen LogP contribution in [0, 0.1) is 12.8 Å². The normalized spacial score (nSPS) is 14.4. The average molecular weight is 452 g/mol. The summed E-state index contributed by atoms with van der Waals surface area (Å²) in [5, 5.41) is 5.51. The molecular formula is C24H29N5O2S. The molecule has 168 valence electrons. The molecule has 1 amide bonds. The topological polar surface area (TPSA) is 93.4 Å². The van der Waals surface area contributed by atoms with Gasteiger partial charge in [-0.2, -0.15) is 0 Å². The predicted molar refractivity (Wildman–Crippen MR) is 130 cm³/mol. The van der Waals surface area contributed by atoms with Gasteiger partial charge in [0, 0.05) is 36.3 Å². The molecule has 0 saturated carbocycles. The summed E-state index contributed by atoms with van der Waals surface area (Å²) in [6.45, 7) is 6.60. The molecule has 7 nitrogen and oxygen atoms in total. The summed E-state index contributed by atoms with van der Waals surface area (Å²) >= 11 is 1.43. The molecule has 1 saturated heterocycles. The Balaban J connectivity index is 1.37. The number of hydrogen-bond donors (Lipinski definition) is 2. The standard InChI is InChI=1S/C24H29N5O2S/c1-16-9-12-29(13-10-16)22-21(8-3-17(2)26-22)23(30)27-18-4-6-20(7-5-18)31-14-11-19-15-32-24(25)28-19/h3-8,15-16H,9-14H2,1-2H3,(H2,25,28)(H,27,30). The first-order valence-corrected chi connectivity index (χ1v) is 11.8. The Labute approximate surface area is 192 Å². The van der Waals surface area contributed by atoms with Gasteiger partial charge in [0.05, 0.1) is 17.9 Å². The van der Waals surface area contributed by atoms with Crippen molar-refractivity contribution in [1.82, 2.24) is 9.97 Å². The van der Waals surface area contributed by atoms with Gasteiger partial charge in [-0.3, -0.25) is 4.79 Å². The molecular weight excluding hydrogens is 422 g/mol. The van der Waals surface area contributed by atoms with Crippen LogP contribution in [-0.2, 0) is 6.42 Å². The number of pyridine rings is 1. The summed E-state index contributed by atoms with van der Waals surface area (Å²) in [4.78, 5) is 24.2. The van der Waals surface area contributed by atoms with E-state index in [1.54, 1.807) is 0 Å². The van der Waals surface area contributed by atoms with E-state index in [2.05, 4.69) is 22.1 Å². The van der Waals surface area contributed by atoms with E-state index in [9.17, 15) is 4.79 Å². The maximum Gasteiger partial charge on any atom is 0.259 e. The number of aryl methyl sites for hydroxylation is 1. The van der Waals surface area contributed by atoms with Crippen LogP contribution < -0.4 is 20.7 Å². The van der Waals surface area contributed by atoms with Crippen molar-refractivity contribution in [2.24, 2.45) is 5.92 Å². The van der Waals surface area contributed by atoms with Gasteiger partial charge in [-0.25, -0.2) is 9.97 Å². The summed E-state index contributed by atoms with van der Waals surface area (Å²) < 4.78 is 5.78. The van der Waals surface area contributed by atoms with Crippen molar-refractivity contribution in [2.45, 2.75) is 33.1 Å². The van der Waals surface area contributed by atoms with E-state index in [0.717, 1.165) is 48.9 Å². The number of nitrogens with two attached hydrogens (primary N) is 1. The second-order valence-corrected chi connectivity index (χ2v) is 9.14. The third-order valence-corrected chi connectivity index (χ3v) is 6.37. The van der Waals surface area contributed by atoms with Crippen molar-refractivity contribution in [3.8, 4) is 5.75 Å². The molecule has 0 atom stereocenters. The molecule has 1 aliphatic heterocycles. The van der Waals surface area contributed by atoms with Crippen LogP contribution in [0.3, 0.4) is 0 Å². The number of piperidine rings is 1. The first-order valence-electron chi connectivity index (χ1n) is 10.9. The fourth-order valence-corrected chi connectivity index (χ4v) is 4.32. The van der Waals surface area contributed by atoms with E-state index in [1.807, 2.05) is 48.7 Å². The van der Waals surface area contributed by atoms with E-state index in [4.69, 9.17) is 15.5 Å². The highest BCUT2D eigenvalue weighted by Gasteiger charge is 2.22. The zero-order valence-electron chi connectivity index (χ0n) is 18.5. The number of anilines is 3. The van der Waals surface area contributed by atoms with E-state index in [1.165, 1.54) is 11.3 Å². The lowest BCUT2D eigenvalue weighted by Gasteiger charge is -2.32. The second-order valence-electron chi connectivity index (χ2n) is 8.25. The highest BCUT2D eigenvalue weighted by molar-refractivity contribution is 7.13. The minimum atomic E-state index is -0.152. The Kier molecular flexibility index (Phi) is 6.90. The number of nitrogen functional groups attached to an aromatic ring is 1. The minimum Gasteiger partial charge on any atom is -0.493 e. The van der Waals surface area contributed by atoms with Crippen LogP contribution in [0.25, 0.3) is 0 Å². The highest BCUT2D eigenvalue weighted by Crippen LogP contribution is 2.26. The molecule has 3 aromatic rings. The zero-order valence-corrected chi connectivity index (χ0v) is 19.3. The van der Waals surface area contributed by atoms with Gasteiger partial charge in [-0.15, -0.1) is 11.3 Å². The van der Waals surface area contributed by atoms with Crippen LogP contribution in [0.1, 0.15) is 41.5 Å². The van der Waals surface area contributed by atoms with Crippen LogP contribution in [-0.4, -0.2) is 35.6 Å². The lowest BCUT2D eigenvalue weighted by Crippen LogP contribution is -2.35. The van der Waals surface area contributed by atoms with Crippen LogP contribution in [0.5, 0.6) is 5.75 Å². The number of ether oxygens (including phenoxy) is 1. The number of amides is 1. The molecule has 4 rings (SSSR count). The number of thiazole rings is 1. The summed E-state index contributed by atoms with van der Waals surface area (Å²) in [6.07, 6.45) is 2.94. The Hall–Kier alpha value is -3.13. The number of hydrogen-bond acceptors (Lipinski definition) is 7. The molecule has 3 heterocycles. The van der Waals surface area contributed by atoms with E-state index in [0.29, 0.717) is 35.3 Å². The summed E-state index contributed by atoms with van der Waals surface area (Å²) in [6, 6.07) is 11.2. The van der Waals surface area contributed by atoms with Gasteiger partial charge < -0.3 is 20.7 Å². The van der Waals surface area contributed by atoms with Crippen LogP contribution in [0.2, 0.25) is 0 Å². The number of carbonyl (C=O) groups excluding carboxylic acids is 1. The molecule has 1 aromatic carbocycles. The fraction of sp³-hybridized carbons (Fsp3) is 0.375. The van der Waals surface area contributed by atoms with Gasteiger partial charge in [-0.05, 0) is 62.1 Å². The average Bonchev–Trinajstić information content (AvgIpc) is 3.20. The SMILES string of the molecule is Cc1ccc(C(=O)Nc2ccc(OCCc3csc(N)n3)cc2)c(N2CCC(C)CC2)n1. The lowest BCUT2D eigenvalue weighted by atomic mass is 9.99. The molecule has 0 unspecified atom stereocenters. The number of aromatic nitrogens is 2. The maximum atomic E-state index is 13.0. The minimum absolute atomic E-state index is 0.152. The summed E-state index contributed by atoms with van der Waals surface area (Å²) in [5.74, 6) is 2.08. The van der Waals surface area contributed by atoms with Crippen molar-refractivity contribution < 1.29 is 9.53 Å². The fourth-order valence-electron chi connectivity index (χ4n) is 3.73. The molecule has 0 bridgehead atoms. The van der Waals surface area contributed by atoms with Crippen LogP contribution >= 0.6 is 11.3 Å². The van der Waals surface area contributed by atoms with E-state index < -0.39 is 0 Å². The molecule has 0 aliphatic carbocycles. The zero-order chi connectivity index (χ0) is 22.5. The maximum absolute atomic E-state index is 13.0. The van der Waals surface area contributed by atoms with Gasteiger partial charge in [0.25, 0.3) is 5.91 Å². The number of benzene rings is 1. The predicted octanol–water partition coefficient (Wildman–Crippen LogP) is 4.54. The second kappa shape index (κ2) is 9.99. The molecule has 0 radical (unpaired) electrons. The van der Waals surface area contributed by atoms with Gasteiger partial charge >= 0.3 is 0 Å². The van der Waals surface area contributed by atoms with E-state index in [-0.39, 0.29) is 5.91 Å².